The number of aryl methyl sites for hydroxylation is 2. The molecule has 0 bridgehead atoms. The largest absolute Gasteiger partial charge is 0.381 e. The topological polar surface area (TPSA) is 46.1 Å². The number of carbonyl (C=O) groups is 1. The van der Waals surface area contributed by atoms with E-state index in [-0.39, 0.29) is 5.91 Å². The maximum absolute atomic E-state index is 11.1. The molecule has 2 rings (SSSR count). The number of carbonyl (C=O) groups excluding carboxylic acids is 1. The van der Waals surface area contributed by atoms with Crippen molar-refractivity contribution in [1.82, 2.24) is 4.57 Å². The van der Waals surface area contributed by atoms with Crippen LogP contribution in [0.1, 0.15) is 31.4 Å². The average molecular weight is 285 g/mol. The zero-order valence-corrected chi connectivity index (χ0v) is 12.9. The van der Waals surface area contributed by atoms with Crippen LogP contribution in [0, 0.1) is 6.92 Å². The van der Waals surface area contributed by atoms with E-state index in [1.807, 2.05) is 25.1 Å². The number of benzene rings is 1. The zero-order valence-electron chi connectivity index (χ0n) is 12.9. The van der Waals surface area contributed by atoms with Crippen molar-refractivity contribution in [2.45, 2.75) is 40.3 Å². The Morgan fingerprint density at radius 2 is 2.10 bits per heavy atom. The third kappa shape index (κ3) is 4.38. The molecule has 4 nitrogen and oxygen atoms in total. The molecule has 21 heavy (non-hydrogen) atoms. The number of hydrogen-bond donors (Lipinski definition) is 2. The highest BCUT2D eigenvalue weighted by atomic mass is 16.1. The summed E-state index contributed by atoms with van der Waals surface area (Å²) in [7, 11) is 0. The SMILES string of the molecule is CCCn1ccc(CNc2ccc(NC(C)=O)c(C)c2)c1. The van der Waals surface area contributed by atoms with Crippen LogP contribution in [0.15, 0.2) is 36.7 Å². The van der Waals surface area contributed by atoms with E-state index in [0.29, 0.717) is 0 Å². The van der Waals surface area contributed by atoms with Crippen LogP contribution in [0.25, 0.3) is 0 Å². The molecule has 0 spiro atoms. The van der Waals surface area contributed by atoms with Crippen molar-refractivity contribution < 1.29 is 4.79 Å². The van der Waals surface area contributed by atoms with Crippen molar-refractivity contribution >= 4 is 17.3 Å². The van der Waals surface area contributed by atoms with Crippen molar-refractivity contribution in [2.24, 2.45) is 0 Å². The highest BCUT2D eigenvalue weighted by Gasteiger charge is 2.02. The Bertz CT molecular complexity index is 616. The molecule has 4 heteroatoms. The number of amides is 1. The molecule has 1 heterocycles. The molecule has 0 aliphatic heterocycles. The number of aromatic nitrogens is 1. The third-order valence-electron chi connectivity index (χ3n) is 3.33. The smallest absolute Gasteiger partial charge is 0.221 e. The van der Waals surface area contributed by atoms with Gasteiger partial charge in [-0.05, 0) is 48.7 Å². The van der Waals surface area contributed by atoms with E-state index in [0.717, 1.165) is 36.4 Å². The summed E-state index contributed by atoms with van der Waals surface area (Å²) in [6.45, 7) is 7.55. The van der Waals surface area contributed by atoms with E-state index in [4.69, 9.17) is 0 Å². The molecule has 0 aliphatic rings. The van der Waals surface area contributed by atoms with E-state index < -0.39 is 0 Å². The summed E-state index contributed by atoms with van der Waals surface area (Å²) >= 11 is 0. The van der Waals surface area contributed by atoms with Crippen LogP contribution < -0.4 is 10.6 Å². The normalized spacial score (nSPS) is 10.4. The molecule has 0 aliphatic carbocycles. The lowest BCUT2D eigenvalue weighted by molar-refractivity contribution is -0.114. The van der Waals surface area contributed by atoms with E-state index in [1.54, 1.807) is 0 Å². The summed E-state index contributed by atoms with van der Waals surface area (Å²) in [4.78, 5) is 11.1. The van der Waals surface area contributed by atoms with Gasteiger partial charge in [-0.1, -0.05) is 6.92 Å². The molecule has 2 aromatic rings. The molecule has 0 unspecified atom stereocenters. The molecule has 112 valence electrons. The zero-order chi connectivity index (χ0) is 15.2. The van der Waals surface area contributed by atoms with Crippen molar-refractivity contribution in [1.29, 1.82) is 0 Å². The number of anilines is 2. The molecular formula is C17H23N3O. The molecule has 0 saturated heterocycles. The van der Waals surface area contributed by atoms with Crippen LogP contribution in [0.5, 0.6) is 0 Å². The highest BCUT2D eigenvalue weighted by molar-refractivity contribution is 5.89. The summed E-state index contributed by atoms with van der Waals surface area (Å²) in [5.41, 5.74) is 4.25. The lowest BCUT2D eigenvalue weighted by atomic mass is 10.1. The molecule has 1 aromatic heterocycles. The van der Waals surface area contributed by atoms with Gasteiger partial charge in [-0.3, -0.25) is 4.79 Å². The predicted molar refractivity (Wildman–Crippen MR) is 87.5 cm³/mol. The van der Waals surface area contributed by atoms with Crippen molar-refractivity contribution in [3.05, 3.63) is 47.8 Å². The fraction of sp³-hybridized carbons (Fsp3) is 0.353. The Hall–Kier alpha value is -2.23. The minimum Gasteiger partial charge on any atom is -0.381 e. The van der Waals surface area contributed by atoms with E-state index >= 15 is 0 Å². The third-order valence-corrected chi connectivity index (χ3v) is 3.33. The molecule has 0 fully saturated rings. The molecule has 2 N–H and O–H groups in total. The Balaban J connectivity index is 1.96. The van der Waals surface area contributed by atoms with Gasteiger partial charge in [-0.15, -0.1) is 0 Å². The number of nitrogens with zero attached hydrogens (tertiary/aromatic N) is 1. The Morgan fingerprint density at radius 3 is 2.76 bits per heavy atom. The van der Waals surface area contributed by atoms with Crippen molar-refractivity contribution in [3.63, 3.8) is 0 Å². The van der Waals surface area contributed by atoms with Crippen LogP contribution in [-0.2, 0) is 17.9 Å². The predicted octanol–water partition coefficient (Wildman–Crippen LogP) is 3.78. The Kier molecular flexibility index (Phi) is 5.04. The minimum absolute atomic E-state index is 0.0453. The number of nitrogens with one attached hydrogen (secondary N) is 2. The van der Waals surface area contributed by atoms with E-state index in [2.05, 4.69) is 40.6 Å². The number of rotatable bonds is 6. The quantitative estimate of drug-likeness (QED) is 0.848. The average Bonchev–Trinajstić information content (AvgIpc) is 2.87. The van der Waals surface area contributed by atoms with Gasteiger partial charge >= 0.3 is 0 Å². The summed E-state index contributed by atoms with van der Waals surface area (Å²) < 4.78 is 2.21. The fourth-order valence-corrected chi connectivity index (χ4v) is 2.30. The first kappa shape index (κ1) is 15.2. The highest BCUT2D eigenvalue weighted by Crippen LogP contribution is 2.20. The van der Waals surface area contributed by atoms with Gasteiger partial charge in [-0.25, -0.2) is 0 Å². The monoisotopic (exact) mass is 285 g/mol. The van der Waals surface area contributed by atoms with Gasteiger partial charge in [0.2, 0.25) is 5.91 Å². The van der Waals surface area contributed by atoms with Gasteiger partial charge in [0.1, 0.15) is 0 Å². The Labute approximate surface area is 126 Å². The maximum Gasteiger partial charge on any atom is 0.221 e. The van der Waals surface area contributed by atoms with Crippen molar-refractivity contribution in [3.8, 4) is 0 Å². The summed E-state index contributed by atoms with van der Waals surface area (Å²) in [6, 6.07) is 8.11. The van der Waals surface area contributed by atoms with E-state index in [1.165, 1.54) is 12.5 Å². The van der Waals surface area contributed by atoms with Gasteiger partial charge < -0.3 is 15.2 Å². The first-order chi connectivity index (χ1) is 10.1. The lowest BCUT2D eigenvalue weighted by Gasteiger charge is -2.10. The second-order valence-electron chi connectivity index (χ2n) is 5.32. The molecule has 1 amide bonds. The molecule has 0 atom stereocenters. The summed E-state index contributed by atoms with van der Waals surface area (Å²) in [6.07, 6.45) is 5.44. The van der Waals surface area contributed by atoms with Gasteiger partial charge in [0.05, 0.1) is 0 Å². The van der Waals surface area contributed by atoms with Crippen molar-refractivity contribution in [2.75, 3.05) is 10.6 Å². The van der Waals surface area contributed by atoms with Crippen LogP contribution in [-0.4, -0.2) is 10.5 Å². The summed E-state index contributed by atoms with van der Waals surface area (Å²) in [5, 5.41) is 6.23. The van der Waals surface area contributed by atoms with Crippen LogP contribution in [0.4, 0.5) is 11.4 Å². The van der Waals surface area contributed by atoms with Crippen LogP contribution in [0.2, 0.25) is 0 Å². The Morgan fingerprint density at radius 1 is 1.29 bits per heavy atom. The first-order valence-electron chi connectivity index (χ1n) is 7.35. The molecule has 1 aromatic carbocycles. The molecular weight excluding hydrogens is 262 g/mol. The first-order valence-corrected chi connectivity index (χ1v) is 7.35. The fourth-order valence-electron chi connectivity index (χ4n) is 2.30. The molecule has 0 saturated carbocycles. The second kappa shape index (κ2) is 6.97. The lowest BCUT2D eigenvalue weighted by Crippen LogP contribution is -2.07. The van der Waals surface area contributed by atoms with Gasteiger partial charge in [-0.2, -0.15) is 0 Å². The maximum atomic E-state index is 11.1. The van der Waals surface area contributed by atoms with Crippen LogP contribution in [0.3, 0.4) is 0 Å². The number of hydrogen-bond acceptors (Lipinski definition) is 2. The minimum atomic E-state index is -0.0453. The standard InChI is InChI=1S/C17H23N3O/c1-4-8-20-9-7-15(12-20)11-18-16-5-6-17(13(2)10-16)19-14(3)21/h5-7,9-10,12,18H,4,8,11H2,1-3H3,(H,19,21). The molecule has 0 radical (unpaired) electrons. The summed E-state index contributed by atoms with van der Waals surface area (Å²) in [5.74, 6) is -0.0453. The van der Waals surface area contributed by atoms with Crippen LogP contribution >= 0.6 is 0 Å². The van der Waals surface area contributed by atoms with Gasteiger partial charge in [0.15, 0.2) is 0 Å². The van der Waals surface area contributed by atoms with Gasteiger partial charge in [0, 0.05) is 43.8 Å². The second-order valence-corrected chi connectivity index (χ2v) is 5.32. The van der Waals surface area contributed by atoms with E-state index in [9.17, 15) is 4.79 Å². The van der Waals surface area contributed by atoms with Gasteiger partial charge in [0.25, 0.3) is 0 Å².